The molecule has 0 fully saturated rings. The van der Waals surface area contributed by atoms with Crippen molar-refractivity contribution < 1.29 is 0 Å². The van der Waals surface area contributed by atoms with E-state index in [2.05, 4.69) is 120 Å². The zero-order chi connectivity index (χ0) is 24.1. The lowest BCUT2D eigenvalue weighted by Crippen LogP contribution is -1.95. The molecule has 9 rings (SSSR count). The van der Waals surface area contributed by atoms with Crippen LogP contribution < -0.4 is 0 Å². The van der Waals surface area contributed by atoms with E-state index in [0.717, 1.165) is 5.52 Å². The summed E-state index contributed by atoms with van der Waals surface area (Å²) in [5.74, 6) is 0. The molecule has 37 heavy (non-hydrogen) atoms. The summed E-state index contributed by atoms with van der Waals surface area (Å²) in [4.78, 5) is 4.78. The molecule has 0 radical (unpaired) electrons. The topological polar surface area (TPSA) is 17.8 Å². The van der Waals surface area contributed by atoms with E-state index >= 15 is 0 Å². The van der Waals surface area contributed by atoms with Gasteiger partial charge in [-0.15, -0.1) is 0 Å². The molecule has 8 aromatic rings. The van der Waals surface area contributed by atoms with E-state index < -0.39 is 0 Å². The Hall–Kier alpha value is -4.95. The minimum Gasteiger partial charge on any atom is -0.308 e. The van der Waals surface area contributed by atoms with E-state index in [0.29, 0.717) is 0 Å². The molecule has 0 spiro atoms. The summed E-state index contributed by atoms with van der Waals surface area (Å²) in [6.07, 6.45) is 2.03. The first-order chi connectivity index (χ1) is 18.3. The Labute approximate surface area is 213 Å². The average molecular weight is 469 g/mol. The Morgan fingerprint density at radius 3 is 2.05 bits per heavy atom. The fraction of sp³-hybridized carbons (Fsp3) is 0. The van der Waals surface area contributed by atoms with E-state index in [4.69, 9.17) is 4.98 Å². The van der Waals surface area contributed by atoms with Crippen LogP contribution in [-0.4, -0.2) is 9.55 Å². The standard InChI is InChI=1S/C35H20N2/c1-3-13-32-28(10-1)35-31(20-36-32)25-9-2-4-14-33(25)37(35)24-16-15-22-18-29-26-11-5-7-21-8-6-12-27(34(21)26)30(29)19-23(22)17-24/h1-20H. The first-order valence-electron chi connectivity index (χ1n) is 12.7. The Morgan fingerprint density at radius 1 is 0.486 bits per heavy atom. The smallest absolute Gasteiger partial charge is 0.0723 e. The summed E-state index contributed by atoms with van der Waals surface area (Å²) in [6.45, 7) is 0. The predicted octanol–water partition coefficient (Wildman–Crippen LogP) is 9.29. The number of nitrogens with zero attached hydrogens (tertiary/aromatic N) is 2. The van der Waals surface area contributed by atoms with Gasteiger partial charge in [-0.3, -0.25) is 4.98 Å². The molecule has 0 saturated heterocycles. The van der Waals surface area contributed by atoms with Gasteiger partial charge in [-0.05, 0) is 80.2 Å². The summed E-state index contributed by atoms with van der Waals surface area (Å²) in [5, 5.41) is 8.79. The highest BCUT2D eigenvalue weighted by molar-refractivity contribution is 6.19. The van der Waals surface area contributed by atoms with Crippen molar-refractivity contribution in [3.63, 3.8) is 0 Å². The van der Waals surface area contributed by atoms with E-state index in [1.807, 2.05) is 6.20 Å². The van der Waals surface area contributed by atoms with Crippen LogP contribution in [0.1, 0.15) is 0 Å². The second-order valence-corrected chi connectivity index (χ2v) is 10.0. The lowest BCUT2D eigenvalue weighted by molar-refractivity contribution is 1.19. The Morgan fingerprint density at radius 2 is 1.22 bits per heavy atom. The zero-order valence-electron chi connectivity index (χ0n) is 19.9. The van der Waals surface area contributed by atoms with Crippen molar-refractivity contribution in [2.45, 2.75) is 0 Å². The van der Waals surface area contributed by atoms with Gasteiger partial charge in [0.1, 0.15) is 0 Å². The summed E-state index contributed by atoms with van der Waals surface area (Å²) in [7, 11) is 0. The van der Waals surface area contributed by atoms with Gasteiger partial charge in [0.25, 0.3) is 0 Å². The van der Waals surface area contributed by atoms with Gasteiger partial charge < -0.3 is 4.57 Å². The number of fused-ring (bicyclic) bond motifs is 9. The SMILES string of the molecule is c1cc2c3c(cccc3c1)-c1cc3cc(-n4c5ccccc5c5cnc6ccccc6c54)ccc3cc1-2. The van der Waals surface area contributed by atoms with Gasteiger partial charge in [0.05, 0.1) is 16.6 Å². The number of aromatic nitrogens is 2. The van der Waals surface area contributed by atoms with Gasteiger partial charge in [0.15, 0.2) is 0 Å². The highest BCUT2D eigenvalue weighted by Crippen LogP contribution is 2.48. The molecule has 0 amide bonds. The maximum atomic E-state index is 4.78. The molecule has 2 heteroatoms. The highest BCUT2D eigenvalue weighted by atomic mass is 15.0. The number of pyridine rings is 1. The monoisotopic (exact) mass is 468 g/mol. The molecule has 0 N–H and O–H groups in total. The van der Waals surface area contributed by atoms with Crippen molar-refractivity contribution >= 4 is 54.3 Å². The van der Waals surface area contributed by atoms with Gasteiger partial charge >= 0.3 is 0 Å². The Bertz CT molecular complexity index is 2250. The van der Waals surface area contributed by atoms with Gasteiger partial charge in [0, 0.05) is 28.0 Å². The third-order valence-corrected chi connectivity index (χ3v) is 8.11. The van der Waals surface area contributed by atoms with Gasteiger partial charge in [0.2, 0.25) is 0 Å². The van der Waals surface area contributed by atoms with Crippen LogP contribution in [0.25, 0.3) is 82.2 Å². The molecule has 2 heterocycles. The lowest BCUT2D eigenvalue weighted by Gasteiger charge is -2.12. The molecule has 0 atom stereocenters. The molecule has 0 bridgehead atoms. The van der Waals surface area contributed by atoms with Crippen molar-refractivity contribution in [3.05, 3.63) is 121 Å². The maximum Gasteiger partial charge on any atom is 0.0723 e. The normalized spacial score (nSPS) is 12.3. The molecule has 0 saturated carbocycles. The van der Waals surface area contributed by atoms with Gasteiger partial charge in [-0.25, -0.2) is 0 Å². The van der Waals surface area contributed by atoms with Crippen LogP contribution in [0.4, 0.5) is 0 Å². The van der Waals surface area contributed by atoms with Crippen LogP contribution in [0.2, 0.25) is 0 Å². The summed E-state index contributed by atoms with van der Waals surface area (Å²) >= 11 is 0. The highest BCUT2D eigenvalue weighted by Gasteiger charge is 2.22. The summed E-state index contributed by atoms with van der Waals surface area (Å²) < 4.78 is 2.41. The first-order valence-corrected chi connectivity index (χ1v) is 12.7. The van der Waals surface area contributed by atoms with Crippen LogP contribution in [0.3, 0.4) is 0 Å². The maximum absolute atomic E-state index is 4.78. The predicted molar refractivity (Wildman–Crippen MR) is 156 cm³/mol. The van der Waals surface area contributed by atoms with E-state index in [-0.39, 0.29) is 0 Å². The lowest BCUT2D eigenvalue weighted by atomic mass is 9.98. The van der Waals surface area contributed by atoms with E-state index in [1.165, 1.54) is 76.7 Å². The molecule has 2 aromatic heterocycles. The molecule has 1 aliphatic carbocycles. The molecular weight excluding hydrogens is 448 g/mol. The molecule has 0 unspecified atom stereocenters. The molecule has 170 valence electrons. The number of rotatable bonds is 1. The quantitative estimate of drug-likeness (QED) is 0.235. The minimum absolute atomic E-state index is 1.02. The fourth-order valence-electron chi connectivity index (χ4n) is 6.51. The first kappa shape index (κ1) is 19.3. The second-order valence-electron chi connectivity index (χ2n) is 10.0. The van der Waals surface area contributed by atoms with Crippen LogP contribution in [0.5, 0.6) is 0 Å². The van der Waals surface area contributed by atoms with Gasteiger partial charge in [-0.2, -0.15) is 0 Å². The molecule has 6 aromatic carbocycles. The average Bonchev–Trinajstić information content (AvgIpc) is 3.46. The van der Waals surface area contributed by atoms with Crippen molar-refractivity contribution in [1.29, 1.82) is 0 Å². The van der Waals surface area contributed by atoms with Gasteiger partial charge in [-0.1, -0.05) is 78.9 Å². The third kappa shape index (κ3) is 2.47. The van der Waals surface area contributed by atoms with E-state index in [1.54, 1.807) is 0 Å². The van der Waals surface area contributed by atoms with Crippen LogP contribution >= 0.6 is 0 Å². The number of hydrogen-bond acceptors (Lipinski definition) is 1. The van der Waals surface area contributed by atoms with E-state index in [9.17, 15) is 0 Å². The van der Waals surface area contributed by atoms with Crippen LogP contribution in [-0.2, 0) is 0 Å². The summed E-state index contributed by atoms with van der Waals surface area (Å²) in [6, 6.07) is 42.0. The number of para-hydroxylation sites is 2. The Balaban J connectivity index is 1.37. The zero-order valence-corrected chi connectivity index (χ0v) is 19.9. The van der Waals surface area contributed by atoms with Crippen LogP contribution in [0, 0.1) is 0 Å². The van der Waals surface area contributed by atoms with Crippen molar-refractivity contribution in [3.8, 4) is 27.9 Å². The molecule has 1 aliphatic rings. The number of benzene rings is 6. The second kappa shape index (κ2) is 6.83. The Kier molecular flexibility index (Phi) is 3.56. The summed E-state index contributed by atoms with van der Waals surface area (Å²) in [5.41, 5.74) is 9.94. The molecular formula is C35H20N2. The minimum atomic E-state index is 1.02. The third-order valence-electron chi connectivity index (χ3n) is 8.11. The van der Waals surface area contributed by atoms with Crippen LogP contribution in [0.15, 0.2) is 121 Å². The largest absolute Gasteiger partial charge is 0.308 e. The van der Waals surface area contributed by atoms with Crippen molar-refractivity contribution in [1.82, 2.24) is 9.55 Å². The number of hydrogen-bond donors (Lipinski definition) is 0. The molecule has 0 aliphatic heterocycles. The fourth-order valence-corrected chi connectivity index (χ4v) is 6.51. The molecule has 2 nitrogen and oxygen atoms in total. The van der Waals surface area contributed by atoms with Crippen molar-refractivity contribution in [2.24, 2.45) is 0 Å². The van der Waals surface area contributed by atoms with Crippen molar-refractivity contribution in [2.75, 3.05) is 0 Å².